The Morgan fingerprint density at radius 1 is 0.707 bits per heavy atom. The lowest BCUT2D eigenvalue weighted by Crippen LogP contribution is -2.11. The van der Waals surface area contributed by atoms with E-state index in [1.165, 1.54) is 5.56 Å². The van der Waals surface area contributed by atoms with Crippen LogP contribution in [0.3, 0.4) is 0 Å². The van der Waals surface area contributed by atoms with Gasteiger partial charge in [0.25, 0.3) is 0 Å². The standard InChI is InChI=1S/C36H28N4O/c1-2-25-21-22-37-35(23-25)39(27-12-4-3-5-13-27)28-14-10-11-26(24-28)31-20-19-30-29-15-6-7-16-32(29)40(36(30)38-31)33-17-8-9-18-34(33)41/h3-24,41H,2H2,1H3. The van der Waals surface area contributed by atoms with E-state index in [2.05, 4.69) is 84.6 Å². The molecule has 5 nitrogen and oxygen atoms in total. The van der Waals surface area contributed by atoms with Crippen molar-refractivity contribution in [2.45, 2.75) is 13.3 Å². The van der Waals surface area contributed by atoms with Crippen LogP contribution < -0.4 is 4.90 Å². The van der Waals surface area contributed by atoms with E-state index in [4.69, 9.17) is 9.97 Å². The van der Waals surface area contributed by atoms with Gasteiger partial charge in [0.05, 0.1) is 16.9 Å². The van der Waals surface area contributed by atoms with Gasteiger partial charge >= 0.3 is 0 Å². The van der Waals surface area contributed by atoms with E-state index >= 15 is 0 Å². The molecule has 41 heavy (non-hydrogen) atoms. The fourth-order valence-electron chi connectivity index (χ4n) is 5.50. The van der Waals surface area contributed by atoms with Crippen LogP contribution in [0.5, 0.6) is 5.75 Å². The van der Waals surface area contributed by atoms with E-state index in [0.717, 1.165) is 56.8 Å². The summed E-state index contributed by atoms with van der Waals surface area (Å²) in [5.74, 6) is 1.08. The molecule has 0 bridgehead atoms. The largest absolute Gasteiger partial charge is 0.506 e. The molecule has 0 atom stereocenters. The Morgan fingerprint density at radius 2 is 1.49 bits per heavy atom. The molecule has 3 heterocycles. The molecule has 0 fully saturated rings. The van der Waals surface area contributed by atoms with Crippen LogP contribution in [0.4, 0.5) is 17.2 Å². The number of phenolic OH excluding ortho intramolecular Hbond substituents is 1. The van der Waals surface area contributed by atoms with E-state index in [-0.39, 0.29) is 5.75 Å². The van der Waals surface area contributed by atoms with Crippen molar-refractivity contribution < 1.29 is 5.11 Å². The average Bonchev–Trinajstić information content (AvgIpc) is 3.36. The van der Waals surface area contributed by atoms with Crippen molar-refractivity contribution in [3.05, 3.63) is 139 Å². The minimum absolute atomic E-state index is 0.213. The third-order valence-corrected chi connectivity index (χ3v) is 7.51. The van der Waals surface area contributed by atoms with Crippen LogP contribution in [0.2, 0.25) is 0 Å². The number of pyridine rings is 2. The van der Waals surface area contributed by atoms with Crippen LogP contribution in [-0.4, -0.2) is 19.6 Å². The molecular formula is C36H28N4O. The number of nitrogens with zero attached hydrogens (tertiary/aromatic N) is 4. The van der Waals surface area contributed by atoms with Crippen molar-refractivity contribution in [3.8, 4) is 22.7 Å². The maximum absolute atomic E-state index is 10.8. The van der Waals surface area contributed by atoms with E-state index in [1.54, 1.807) is 6.07 Å². The number of phenols is 1. The van der Waals surface area contributed by atoms with Gasteiger partial charge in [-0.25, -0.2) is 9.97 Å². The molecule has 4 aromatic carbocycles. The molecule has 3 aromatic heterocycles. The Hall–Kier alpha value is -5.42. The number of aryl methyl sites for hydroxylation is 1. The number of anilines is 3. The summed E-state index contributed by atoms with van der Waals surface area (Å²) < 4.78 is 2.05. The first kappa shape index (κ1) is 24.6. The van der Waals surface area contributed by atoms with Crippen LogP contribution in [-0.2, 0) is 6.42 Å². The first-order chi connectivity index (χ1) is 20.2. The van der Waals surface area contributed by atoms with Gasteiger partial charge in [0, 0.05) is 33.9 Å². The quantitative estimate of drug-likeness (QED) is 0.232. The van der Waals surface area contributed by atoms with Gasteiger partial charge in [-0.15, -0.1) is 0 Å². The molecule has 198 valence electrons. The number of fused-ring (bicyclic) bond motifs is 3. The monoisotopic (exact) mass is 532 g/mol. The van der Waals surface area contributed by atoms with Crippen LogP contribution in [0, 0.1) is 0 Å². The second-order valence-electron chi connectivity index (χ2n) is 10.0. The number of para-hydroxylation sites is 4. The highest BCUT2D eigenvalue weighted by Gasteiger charge is 2.18. The number of aromatic hydroxyl groups is 1. The molecule has 0 unspecified atom stereocenters. The molecule has 0 radical (unpaired) electrons. The van der Waals surface area contributed by atoms with Crippen molar-refractivity contribution in [2.24, 2.45) is 0 Å². The van der Waals surface area contributed by atoms with E-state index in [1.807, 2.05) is 59.3 Å². The third kappa shape index (κ3) is 4.38. The van der Waals surface area contributed by atoms with Crippen molar-refractivity contribution in [3.63, 3.8) is 0 Å². The topological polar surface area (TPSA) is 54.2 Å². The summed E-state index contributed by atoms with van der Waals surface area (Å²) in [6, 6.07) is 42.8. The van der Waals surface area contributed by atoms with Gasteiger partial charge in [0.15, 0.2) is 0 Å². The van der Waals surface area contributed by atoms with Gasteiger partial charge in [-0.1, -0.05) is 67.6 Å². The van der Waals surface area contributed by atoms with Gasteiger partial charge in [-0.2, -0.15) is 0 Å². The molecule has 0 amide bonds. The molecule has 0 aliphatic carbocycles. The van der Waals surface area contributed by atoms with E-state index < -0.39 is 0 Å². The SMILES string of the molecule is CCc1ccnc(N(c2ccccc2)c2cccc(-c3ccc4c5ccccc5n(-c5ccccc5O)c4n3)c2)c1. The van der Waals surface area contributed by atoms with Gasteiger partial charge in [0.1, 0.15) is 17.2 Å². The molecule has 7 aromatic rings. The second kappa shape index (κ2) is 10.3. The third-order valence-electron chi connectivity index (χ3n) is 7.51. The zero-order valence-electron chi connectivity index (χ0n) is 22.6. The summed E-state index contributed by atoms with van der Waals surface area (Å²) in [5, 5.41) is 12.9. The minimum Gasteiger partial charge on any atom is -0.506 e. The molecular weight excluding hydrogens is 504 g/mol. The Labute approximate surface area is 238 Å². The molecule has 0 saturated carbocycles. The van der Waals surface area contributed by atoms with Crippen molar-refractivity contribution >= 4 is 39.1 Å². The molecule has 0 spiro atoms. The maximum atomic E-state index is 10.8. The number of hydrogen-bond acceptors (Lipinski definition) is 4. The fourth-order valence-corrected chi connectivity index (χ4v) is 5.50. The van der Waals surface area contributed by atoms with Crippen LogP contribution in [0.25, 0.3) is 38.9 Å². The number of hydrogen-bond donors (Lipinski definition) is 1. The zero-order valence-corrected chi connectivity index (χ0v) is 22.6. The summed E-state index contributed by atoms with van der Waals surface area (Å²) in [5.41, 5.74) is 7.61. The lowest BCUT2D eigenvalue weighted by Gasteiger charge is -2.25. The van der Waals surface area contributed by atoms with E-state index in [0.29, 0.717) is 5.69 Å². The lowest BCUT2D eigenvalue weighted by molar-refractivity contribution is 0.473. The first-order valence-electron chi connectivity index (χ1n) is 13.8. The molecule has 7 rings (SSSR count). The summed E-state index contributed by atoms with van der Waals surface area (Å²) in [7, 11) is 0. The normalized spacial score (nSPS) is 11.2. The summed E-state index contributed by atoms with van der Waals surface area (Å²) >= 11 is 0. The van der Waals surface area contributed by atoms with E-state index in [9.17, 15) is 5.11 Å². The zero-order chi connectivity index (χ0) is 27.8. The van der Waals surface area contributed by atoms with Gasteiger partial charge in [-0.3, -0.25) is 9.47 Å². The highest BCUT2D eigenvalue weighted by Crippen LogP contribution is 2.38. The Kier molecular flexibility index (Phi) is 6.17. The van der Waals surface area contributed by atoms with Crippen LogP contribution in [0.1, 0.15) is 12.5 Å². The maximum Gasteiger partial charge on any atom is 0.146 e. The first-order valence-corrected chi connectivity index (χ1v) is 13.8. The molecule has 0 aliphatic heterocycles. The predicted molar refractivity (Wildman–Crippen MR) is 168 cm³/mol. The predicted octanol–water partition coefficient (Wildman–Crippen LogP) is 8.98. The Morgan fingerprint density at radius 3 is 2.34 bits per heavy atom. The molecule has 1 N–H and O–H groups in total. The number of rotatable bonds is 6. The highest BCUT2D eigenvalue weighted by atomic mass is 16.3. The molecule has 5 heteroatoms. The van der Waals surface area contributed by atoms with Crippen LogP contribution >= 0.6 is 0 Å². The van der Waals surface area contributed by atoms with Crippen molar-refractivity contribution in [1.82, 2.24) is 14.5 Å². The Bertz CT molecular complexity index is 2010. The summed E-state index contributed by atoms with van der Waals surface area (Å²) in [6.45, 7) is 2.16. The smallest absolute Gasteiger partial charge is 0.146 e. The van der Waals surface area contributed by atoms with Gasteiger partial charge < -0.3 is 5.11 Å². The average molecular weight is 533 g/mol. The van der Waals surface area contributed by atoms with Crippen molar-refractivity contribution in [2.75, 3.05) is 4.90 Å². The number of benzene rings is 4. The second-order valence-corrected chi connectivity index (χ2v) is 10.0. The van der Waals surface area contributed by atoms with Crippen molar-refractivity contribution in [1.29, 1.82) is 0 Å². The van der Waals surface area contributed by atoms with Gasteiger partial charge in [-0.05, 0) is 78.7 Å². The lowest BCUT2D eigenvalue weighted by atomic mass is 10.1. The fraction of sp³-hybridized carbons (Fsp3) is 0.0556. The summed E-state index contributed by atoms with van der Waals surface area (Å²) in [6.07, 6.45) is 2.81. The molecule has 0 aliphatic rings. The highest BCUT2D eigenvalue weighted by molar-refractivity contribution is 6.08. The Balaban J connectivity index is 1.41. The van der Waals surface area contributed by atoms with Crippen LogP contribution in [0.15, 0.2) is 134 Å². The minimum atomic E-state index is 0.213. The number of aromatic nitrogens is 3. The molecule has 0 saturated heterocycles. The summed E-state index contributed by atoms with van der Waals surface area (Å²) in [4.78, 5) is 12.1. The van der Waals surface area contributed by atoms with Gasteiger partial charge in [0.2, 0.25) is 0 Å².